The average Bonchev–Trinajstić information content (AvgIpc) is 2.45. The number of rotatable bonds is 3. The zero-order valence-electron chi connectivity index (χ0n) is 7.47. The lowest BCUT2D eigenvalue weighted by atomic mass is 10.3. The highest BCUT2D eigenvalue weighted by Crippen LogP contribution is 2.44. The van der Waals surface area contributed by atoms with Crippen LogP contribution in [-0.4, -0.2) is 28.5 Å². The fourth-order valence-electron chi connectivity index (χ4n) is 1.07. The minimum absolute atomic E-state index is 0.659. The summed E-state index contributed by atoms with van der Waals surface area (Å²) in [4.78, 5) is 2.38. The van der Waals surface area contributed by atoms with Gasteiger partial charge in [0, 0.05) is 22.4 Å². The standard InChI is InChI=1S/C9H16IN/c1-6(2)11(4)5-8-7(3)9(8)10/h6,8-9H,3,5H2,1-2,4H3. The van der Waals surface area contributed by atoms with Crippen LogP contribution < -0.4 is 0 Å². The van der Waals surface area contributed by atoms with E-state index in [1.807, 2.05) is 0 Å². The molecule has 0 aliphatic heterocycles. The summed E-state index contributed by atoms with van der Waals surface area (Å²) in [6.45, 7) is 9.65. The summed E-state index contributed by atoms with van der Waals surface area (Å²) in [5.74, 6) is 0.767. The lowest BCUT2D eigenvalue weighted by Gasteiger charge is -2.20. The Balaban J connectivity index is 2.28. The van der Waals surface area contributed by atoms with Crippen LogP contribution in [0.15, 0.2) is 12.2 Å². The van der Waals surface area contributed by atoms with E-state index in [1.165, 1.54) is 12.1 Å². The van der Waals surface area contributed by atoms with E-state index < -0.39 is 0 Å². The van der Waals surface area contributed by atoms with Crippen molar-refractivity contribution in [1.29, 1.82) is 0 Å². The summed E-state index contributed by atoms with van der Waals surface area (Å²) >= 11 is 2.47. The van der Waals surface area contributed by atoms with Crippen LogP contribution in [0.5, 0.6) is 0 Å². The molecule has 64 valence electrons. The Morgan fingerprint density at radius 3 is 2.36 bits per heavy atom. The van der Waals surface area contributed by atoms with Crippen molar-refractivity contribution in [3.05, 3.63) is 12.2 Å². The summed E-state index contributed by atoms with van der Waals surface area (Å²) in [5.41, 5.74) is 1.43. The van der Waals surface area contributed by atoms with Crippen molar-refractivity contribution in [2.75, 3.05) is 13.6 Å². The molecule has 0 amide bonds. The van der Waals surface area contributed by atoms with Crippen LogP contribution in [0.2, 0.25) is 0 Å². The minimum Gasteiger partial charge on any atom is -0.303 e. The SMILES string of the molecule is C=C1C(I)C1CN(C)C(C)C. The van der Waals surface area contributed by atoms with Crippen molar-refractivity contribution in [2.24, 2.45) is 5.92 Å². The molecule has 2 heteroatoms. The van der Waals surface area contributed by atoms with Gasteiger partial charge in [-0.3, -0.25) is 0 Å². The molecule has 1 fully saturated rings. The second kappa shape index (κ2) is 3.44. The maximum absolute atomic E-state index is 4.01. The molecule has 2 unspecified atom stereocenters. The predicted molar refractivity (Wildman–Crippen MR) is 58.2 cm³/mol. The Hall–Kier alpha value is 0.430. The van der Waals surface area contributed by atoms with E-state index in [-0.39, 0.29) is 0 Å². The molecule has 0 aromatic carbocycles. The predicted octanol–water partition coefficient (Wildman–Crippen LogP) is 2.32. The highest BCUT2D eigenvalue weighted by Gasteiger charge is 2.40. The van der Waals surface area contributed by atoms with E-state index in [9.17, 15) is 0 Å². The van der Waals surface area contributed by atoms with Crippen LogP contribution in [0.25, 0.3) is 0 Å². The summed E-state index contributed by atoms with van der Waals surface area (Å²) in [7, 11) is 2.18. The first-order valence-corrected chi connectivity index (χ1v) is 5.31. The molecule has 2 atom stereocenters. The molecule has 0 aromatic rings. The molecule has 1 aliphatic rings. The number of hydrogen-bond acceptors (Lipinski definition) is 1. The molecular weight excluding hydrogens is 249 g/mol. The van der Waals surface area contributed by atoms with Crippen LogP contribution >= 0.6 is 22.6 Å². The molecule has 0 radical (unpaired) electrons. The van der Waals surface area contributed by atoms with Gasteiger partial charge in [-0.05, 0) is 20.9 Å². The molecule has 0 saturated heterocycles. The zero-order valence-corrected chi connectivity index (χ0v) is 9.63. The Bertz CT molecular complexity index is 165. The normalized spacial score (nSPS) is 30.2. The molecule has 11 heavy (non-hydrogen) atoms. The molecule has 0 spiro atoms. The second-order valence-corrected chi connectivity index (χ2v) is 4.96. The van der Waals surface area contributed by atoms with E-state index >= 15 is 0 Å². The lowest BCUT2D eigenvalue weighted by Crippen LogP contribution is -2.28. The Morgan fingerprint density at radius 2 is 2.09 bits per heavy atom. The van der Waals surface area contributed by atoms with Crippen molar-refractivity contribution >= 4 is 22.6 Å². The van der Waals surface area contributed by atoms with Gasteiger partial charge in [-0.15, -0.1) is 0 Å². The number of halogens is 1. The average molecular weight is 265 g/mol. The Morgan fingerprint density at radius 1 is 1.64 bits per heavy atom. The molecule has 1 aliphatic carbocycles. The zero-order chi connectivity index (χ0) is 8.59. The third-order valence-corrected chi connectivity index (χ3v) is 4.11. The number of nitrogens with zero attached hydrogens (tertiary/aromatic N) is 1. The van der Waals surface area contributed by atoms with Gasteiger partial charge in [0.05, 0.1) is 0 Å². The van der Waals surface area contributed by atoms with Crippen LogP contribution in [0.3, 0.4) is 0 Å². The maximum Gasteiger partial charge on any atom is 0.0397 e. The van der Waals surface area contributed by atoms with Crippen molar-refractivity contribution in [1.82, 2.24) is 4.90 Å². The summed E-state index contributed by atoms with van der Waals surface area (Å²) in [6, 6.07) is 0.659. The van der Waals surface area contributed by atoms with Crippen molar-refractivity contribution in [2.45, 2.75) is 23.8 Å². The minimum atomic E-state index is 0.659. The molecule has 1 nitrogen and oxygen atoms in total. The fraction of sp³-hybridized carbons (Fsp3) is 0.778. The monoisotopic (exact) mass is 265 g/mol. The summed E-state index contributed by atoms with van der Waals surface area (Å²) < 4.78 is 0.744. The lowest BCUT2D eigenvalue weighted by molar-refractivity contribution is 0.267. The van der Waals surface area contributed by atoms with Gasteiger partial charge in [-0.2, -0.15) is 0 Å². The van der Waals surface area contributed by atoms with Gasteiger partial charge in [0.1, 0.15) is 0 Å². The molecule has 0 N–H and O–H groups in total. The number of alkyl halides is 1. The first kappa shape index (κ1) is 9.52. The van der Waals surface area contributed by atoms with E-state index in [0.29, 0.717) is 6.04 Å². The van der Waals surface area contributed by atoms with Gasteiger partial charge < -0.3 is 4.90 Å². The third kappa shape index (κ3) is 2.18. The van der Waals surface area contributed by atoms with Crippen LogP contribution in [-0.2, 0) is 0 Å². The quantitative estimate of drug-likeness (QED) is 0.430. The highest BCUT2D eigenvalue weighted by molar-refractivity contribution is 14.1. The van der Waals surface area contributed by atoms with E-state index in [0.717, 1.165) is 9.84 Å². The topological polar surface area (TPSA) is 3.24 Å². The van der Waals surface area contributed by atoms with Crippen LogP contribution in [0.4, 0.5) is 0 Å². The van der Waals surface area contributed by atoms with E-state index in [4.69, 9.17) is 0 Å². The van der Waals surface area contributed by atoms with Crippen molar-refractivity contribution < 1.29 is 0 Å². The molecule has 1 saturated carbocycles. The molecule has 0 bridgehead atoms. The third-order valence-electron chi connectivity index (χ3n) is 2.44. The first-order chi connectivity index (χ1) is 5.04. The van der Waals surface area contributed by atoms with Gasteiger partial charge in [-0.1, -0.05) is 34.7 Å². The van der Waals surface area contributed by atoms with Gasteiger partial charge in [-0.25, -0.2) is 0 Å². The summed E-state index contributed by atoms with van der Waals surface area (Å²) in [5, 5.41) is 0. The smallest absolute Gasteiger partial charge is 0.0397 e. The molecule has 0 aromatic heterocycles. The highest BCUT2D eigenvalue weighted by atomic mass is 127. The van der Waals surface area contributed by atoms with Crippen molar-refractivity contribution in [3.63, 3.8) is 0 Å². The van der Waals surface area contributed by atoms with Gasteiger partial charge in [0.2, 0.25) is 0 Å². The Kier molecular flexibility index (Phi) is 2.97. The largest absolute Gasteiger partial charge is 0.303 e. The maximum atomic E-state index is 4.01. The molecule has 0 heterocycles. The Labute approximate surface area is 83.0 Å². The van der Waals surface area contributed by atoms with Gasteiger partial charge >= 0.3 is 0 Å². The first-order valence-electron chi connectivity index (χ1n) is 4.07. The van der Waals surface area contributed by atoms with Gasteiger partial charge in [0.25, 0.3) is 0 Å². The molecule has 1 rings (SSSR count). The van der Waals surface area contributed by atoms with Gasteiger partial charge in [0.15, 0.2) is 0 Å². The second-order valence-electron chi connectivity index (χ2n) is 3.62. The van der Waals surface area contributed by atoms with Crippen LogP contribution in [0, 0.1) is 5.92 Å². The number of hydrogen-bond donors (Lipinski definition) is 0. The summed E-state index contributed by atoms with van der Waals surface area (Å²) in [6.07, 6.45) is 0. The fourth-order valence-corrected chi connectivity index (χ4v) is 2.01. The van der Waals surface area contributed by atoms with E-state index in [2.05, 4.69) is 55.0 Å². The van der Waals surface area contributed by atoms with E-state index in [1.54, 1.807) is 0 Å². The van der Waals surface area contributed by atoms with Crippen LogP contribution in [0.1, 0.15) is 13.8 Å². The molecular formula is C9H16IN. The van der Waals surface area contributed by atoms with Crippen molar-refractivity contribution in [3.8, 4) is 0 Å².